The molecular formula is C13H22N4. The molecule has 0 aromatic carbocycles. The summed E-state index contributed by atoms with van der Waals surface area (Å²) >= 11 is 0. The summed E-state index contributed by atoms with van der Waals surface area (Å²) in [5.74, 6) is 0.820. The summed E-state index contributed by atoms with van der Waals surface area (Å²) in [5.41, 5.74) is 1.29. The number of aryl methyl sites for hydroxylation is 1. The van der Waals surface area contributed by atoms with Crippen LogP contribution in [0.25, 0.3) is 0 Å². The van der Waals surface area contributed by atoms with E-state index in [2.05, 4.69) is 28.4 Å². The fourth-order valence-corrected chi connectivity index (χ4v) is 2.54. The van der Waals surface area contributed by atoms with Crippen molar-refractivity contribution in [1.82, 2.24) is 15.1 Å². The van der Waals surface area contributed by atoms with Gasteiger partial charge in [-0.25, -0.2) is 0 Å². The number of nitrogens with zero attached hydrogens (tertiary/aromatic N) is 3. The Morgan fingerprint density at radius 3 is 3.00 bits per heavy atom. The second-order valence-electron chi connectivity index (χ2n) is 5.34. The zero-order chi connectivity index (χ0) is 11.7. The first-order chi connectivity index (χ1) is 8.35. The van der Waals surface area contributed by atoms with Crippen LogP contribution in [0.5, 0.6) is 0 Å². The van der Waals surface area contributed by atoms with E-state index < -0.39 is 0 Å². The molecular weight excluding hydrogens is 212 g/mol. The van der Waals surface area contributed by atoms with Gasteiger partial charge in [0.1, 0.15) is 0 Å². The van der Waals surface area contributed by atoms with E-state index in [1.165, 1.54) is 44.6 Å². The van der Waals surface area contributed by atoms with Crippen LogP contribution in [0.1, 0.15) is 26.2 Å². The van der Waals surface area contributed by atoms with Gasteiger partial charge in [-0.2, -0.15) is 5.10 Å². The third kappa shape index (κ3) is 2.63. The average molecular weight is 234 g/mol. The predicted molar refractivity (Wildman–Crippen MR) is 69.2 cm³/mol. The zero-order valence-corrected chi connectivity index (χ0v) is 10.6. The van der Waals surface area contributed by atoms with E-state index in [9.17, 15) is 0 Å². The van der Waals surface area contributed by atoms with Crippen LogP contribution in [0.2, 0.25) is 0 Å². The molecule has 94 valence electrons. The fraction of sp³-hybridized carbons (Fsp3) is 0.769. The first-order valence-electron chi connectivity index (χ1n) is 6.86. The molecule has 2 aliphatic rings. The van der Waals surface area contributed by atoms with Crippen molar-refractivity contribution in [3.05, 3.63) is 12.4 Å². The van der Waals surface area contributed by atoms with Gasteiger partial charge in [0.2, 0.25) is 0 Å². The molecule has 4 nitrogen and oxygen atoms in total. The van der Waals surface area contributed by atoms with Crippen molar-refractivity contribution in [3.8, 4) is 0 Å². The lowest BCUT2D eigenvalue weighted by Gasteiger charge is -2.16. The van der Waals surface area contributed by atoms with Crippen LogP contribution < -0.4 is 10.2 Å². The highest BCUT2D eigenvalue weighted by molar-refractivity contribution is 5.43. The lowest BCUT2D eigenvalue weighted by molar-refractivity contribution is 0.515. The Kier molecular flexibility index (Phi) is 3.05. The van der Waals surface area contributed by atoms with Crippen molar-refractivity contribution in [2.24, 2.45) is 5.92 Å². The number of aromatic nitrogens is 2. The molecule has 2 heterocycles. The number of rotatable bonds is 5. The van der Waals surface area contributed by atoms with Gasteiger partial charge in [-0.1, -0.05) is 0 Å². The summed E-state index contributed by atoms with van der Waals surface area (Å²) in [4.78, 5) is 2.47. The Balaban J connectivity index is 1.51. The van der Waals surface area contributed by atoms with Gasteiger partial charge >= 0.3 is 0 Å². The Labute approximate surface area is 103 Å². The van der Waals surface area contributed by atoms with Gasteiger partial charge in [0.25, 0.3) is 0 Å². The smallest absolute Gasteiger partial charge is 0.0752 e. The average Bonchev–Trinajstić information content (AvgIpc) is 2.89. The molecule has 4 heteroatoms. The molecule has 1 unspecified atom stereocenters. The van der Waals surface area contributed by atoms with Gasteiger partial charge < -0.3 is 10.2 Å². The Hall–Kier alpha value is -1.03. The van der Waals surface area contributed by atoms with E-state index in [1.807, 2.05) is 10.9 Å². The molecule has 1 aromatic rings. The minimum absolute atomic E-state index is 0.820. The lowest BCUT2D eigenvalue weighted by atomic mass is 10.1. The van der Waals surface area contributed by atoms with Crippen LogP contribution in [0.4, 0.5) is 5.69 Å². The maximum atomic E-state index is 4.35. The van der Waals surface area contributed by atoms with Gasteiger partial charge in [-0.15, -0.1) is 0 Å². The second kappa shape index (κ2) is 4.69. The predicted octanol–water partition coefficient (Wildman–Crippen LogP) is 1.48. The number of hydrogen-bond donors (Lipinski definition) is 1. The minimum Gasteiger partial charge on any atom is -0.369 e. The molecule has 1 aliphatic heterocycles. The van der Waals surface area contributed by atoms with Crippen molar-refractivity contribution in [3.63, 3.8) is 0 Å². The molecule has 2 fully saturated rings. The van der Waals surface area contributed by atoms with Crippen molar-refractivity contribution < 1.29 is 0 Å². The molecule has 0 spiro atoms. The molecule has 1 saturated heterocycles. The van der Waals surface area contributed by atoms with E-state index in [0.29, 0.717) is 0 Å². The Bertz CT molecular complexity index is 369. The van der Waals surface area contributed by atoms with Crippen molar-refractivity contribution in [2.75, 3.05) is 24.5 Å². The fourth-order valence-electron chi connectivity index (χ4n) is 2.54. The Morgan fingerprint density at radius 2 is 2.29 bits per heavy atom. The van der Waals surface area contributed by atoms with E-state index in [0.717, 1.165) is 18.5 Å². The molecule has 3 rings (SSSR count). The molecule has 1 N–H and O–H groups in total. The monoisotopic (exact) mass is 234 g/mol. The SMILES string of the molecule is CCn1cc(N2CCC(CNC3CC3)C2)cn1. The van der Waals surface area contributed by atoms with Crippen LogP contribution in [-0.2, 0) is 6.54 Å². The Morgan fingerprint density at radius 1 is 1.41 bits per heavy atom. The summed E-state index contributed by atoms with van der Waals surface area (Å²) in [6, 6.07) is 0.840. The quantitative estimate of drug-likeness (QED) is 0.838. The number of anilines is 1. The lowest BCUT2D eigenvalue weighted by Crippen LogP contribution is -2.27. The molecule has 1 aromatic heterocycles. The summed E-state index contributed by atoms with van der Waals surface area (Å²) in [5, 5.41) is 7.99. The van der Waals surface area contributed by atoms with E-state index in [4.69, 9.17) is 0 Å². The maximum Gasteiger partial charge on any atom is 0.0752 e. The molecule has 17 heavy (non-hydrogen) atoms. The maximum absolute atomic E-state index is 4.35. The van der Waals surface area contributed by atoms with Crippen molar-refractivity contribution in [2.45, 2.75) is 38.8 Å². The molecule has 0 amide bonds. The van der Waals surface area contributed by atoms with E-state index in [1.54, 1.807) is 0 Å². The molecule has 0 radical (unpaired) electrons. The summed E-state index contributed by atoms with van der Waals surface area (Å²) in [7, 11) is 0. The van der Waals surface area contributed by atoms with E-state index >= 15 is 0 Å². The van der Waals surface area contributed by atoms with Gasteiger partial charge in [0.15, 0.2) is 0 Å². The first-order valence-corrected chi connectivity index (χ1v) is 6.86. The summed E-state index contributed by atoms with van der Waals surface area (Å²) in [6.07, 6.45) is 8.26. The molecule has 1 aliphatic carbocycles. The van der Waals surface area contributed by atoms with Crippen molar-refractivity contribution >= 4 is 5.69 Å². The third-order valence-corrected chi connectivity index (χ3v) is 3.87. The number of hydrogen-bond acceptors (Lipinski definition) is 3. The van der Waals surface area contributed by atoms with Crippen LogP contribution in [0.3, 0.4) is 0 Å². The van der Waals surface area contributed by atoms with Crippen LogP contribution in [-0.4, -0.2) is 35.5 Å². The topological polar surface area (TPSA) is 33.1 Å². The molecule has 0 bridgehead atoms. The number of nitrogens with one attached hydrogen (secondary N) is 1. The highest BCUT2D eigenvalue weighted by Crippen LogP contribution is 2.24. The molecule has 1 atom stereocenters. The minimum atomic E-state index is 0.820. The van der Waals surface area contributed by atoms with Gasteiger partial charge in [-0.3, -0.25) is 4.68 Å². The van der Waals surface area contributed by atoms with Gasteiger partial charge in [-0.05, 0) is 38.6 Å². The molecule has 1 saturated carbocycles. The zero-order valence-electron chi connectivity index (χ0n) is 10.6. The highest BCUT2D eigenvalue weighted by atomic mass is 15.3. The largest absolute Gasteiger partial charge is 0.369 e. The summed E-state index contributed by atoms with van der Waals surface area (Å²) in [6.45, 7) is 6.66. The summed E-state index contributed by atoms with van der Waals surface area (Å²) < 4.78 is 2.01. The van der Waals surface area contributed by atoms with Crippen molar-refractivity contribution in [1.29, 1.82) is 0 Å². The van der Waals surface area contributed by atoms with Crippen LogP contribution >= 0.6 is 0 Å². The standard InChI is InChI=1S/C13H22N4/c1-2-17-10-13(8-15-17)16-6-5-11(9-16)7-14-12-3-4-12/h8,10-12,14H,2-7,9H2,1H3. The van der Waals surface area contributed by atoms with Crippen LogP contribution in [0, 0.1) is 5.92 Å². The third-order valence-electron chi connectivity index (χ3n) is 3.87. The first kappa shape index (κ1) is 11.1. The van der Waals surface area contributed by atoms with E-state index in [-0.39, 0.29) is 0 Å². The van der Waals surface area contributed by atoms with Gasteiger partial charge in [0.05, 0.1) is 11.9 Å². The highest BCUT2D eigenvalue weighted by Gasteiger charge is 2.26. The normalized spacial score (nSPS) is 24.5. The van der Waals surface area contributed by atoms with Crippen LogP contribution in [0.15, 0.2) is 12.4 Å². The second-order valence-corrected chi connectivity index (χ2v) is 5.34. The van der Waals surface area contributed by atoms with Gasteiger partial charge in [0, 0.05) is 31.9 Å².